The number of carbonyl (C=O) groups excluding carboxylic acids is 1. The average Bonchev–Trinajstić information content (AvgIpc) is 2.61. The third-order valence-corrected chi connectivity index (χ3v) is 4.06. The first-order valence-corrected chi connectivity index (χ1v) is 7.89. The van der Waals surface area contributed by atoms with E-state index in [0.717, 1.165) is 0 Å². The molecule has 0 aliphatic rings. The van der Waals surface area contributed by atoms with Crippen LogP contribution in [0.1, 0.15) is 10.5 Å². The number of halogens is 3. The van der Waals surface area contributed by atoms with Gasteiger partial charge in [0, 0.05) is 6.07 Å². The molecule has 0 spiro atoms. The van der Waals surface area contributed by atoms with Crippen LogP contribution in [0, 0.1) is 5.82 Å². The highest BCUT2D eigenvalue weighted by molar-refractivity contribution is 6.44. The predicted octanol–water partition coefficient (Wildman–Crippen LogP) is 4.92. The van der Waals surface area contributed by atoms with E-state index in [1.807, 2.05) is 0 Å². The van der Waals surface area contributed by atoms with Crippen LogP contribution in [-0.2, 0) is 0 Å². The van der Waals surface area contributed by atoms with Crippen LogP contribution in [0.15, 0.2) is 54.9 Å². The van der Waals surface area contributed by atoms with E-state index in [9.17, 15) is 9.18 Å². The number of benzene rings is 2. The SMILES string of the molecule is O=C(Nc1cccc(Cl)c1Cl)c1cc(Nc2ccccc2F)ncn1. The normalized spacial score (nSPS) is 10.4. The molecule has 1 aromatic heterocycles. The zero-order chi connectivity index (χ0) is 17.8. The number of carbonyl (C=O) groups is 1. The minimum Gasteiger partial charge on any atom is -0.338 e. The summed E-state index contributed by atoms with van der Waals surface area (Å²) in [7, 11) is 0. The molecular formula is C17H11Cl2FN4O. The van der Waals surface area contributed by atoms with Crippen LogP contribution >= 0.6 is 23.2 Å². The molecule has 0 bridgehead atoms. The average molecular weight is 377 g/mol. The Labute approximate surface area is 152 Å². The predicted molar refractivity (Wildman–Crippen MR) is 96.1 cm³/mol. The van der Waals surface area contributed by atoms with E-state index in [2.05, 4.69) is 20.6 Å². The molecule has 25 heavy (non-hydrogen) atoms. The lowest BCUT2D eigenvalue weighted by molar-refractivity contribution is 0.102. The van der Waals surface area contributed by atoms with Gasteiger partial charge < -0.3 is 10.6 Å². The Morgan fingerprint density at radius 2 is 1.76 bits per heavy atom. The summed E-state index contributed by atoms with van der Waals surface area (Å²) in [6, 6.07) is 12.4. The van der Waals surface area contributed by atoms with Gasteiger partial charge in [-0.25, -0.2) is 14.4 Å². The zero-order valence-corrected chi connectivity index (χ0v) is 14.1. The van der Waals surface area contributed by atoms with Crippen LogP contribution in [0.25, 0.3) is 0 Å². The second-order valence-electron chi connectivity index (χ2n) is 4.95. The standard InChI is InChI=1S/C17H11Cl2FN4O/c18-10-4-3-7-13(16(10)19)24-17(25)14-8-15(22-9-21-14)23-12-6-2-1-5-11(12)20/h1-9H,(H,24,25)(H,21,22,23). The number of nitrogens with one attached hydrogen (secondary N) is 2. The summed E-state index contributed by atoms with van der Waals surface area (Å²) in [5.41, 5.74) is 0.691. The molecule has 0 saturated carbocycles. The van der Waals surface area contributed by atoms with E-state index < -0.39 is 11.7 Å². The summed E-state index contributed by atoms with van der Waals surface area (Å²) in [6.07, 6.45) is 1.21. The Morgan fingerprint density at radius 1 is 1.00 bits per heavy atom. The number of anilines is 3. The quantitative estimate of drug-likeness (QED) is 0.678. The second kappa shape index (κ2) is 7.46. The van der Waals surface area contributed by atoms with Gasteiger partial charge in [-0.1, -0.05) is 41.4 Å². The number of hydrogen-bond donors (Lipinski definition) is 2. The second-order valence-corrected chi connectivity index (χ2v) is 5.73. The van der Waals surface area contributed by atoms with Crippen LogP contribution in [0.2, 0.25) is 10.0 Å². The number of rotatable bonds is 4. The number of hydrogen-bond acceptors (Lipinski definition) is 4. The molecule has 0 aliphatic heterocycles. The molecule has 0 radical (unpaired) electrons. The first kappa shape index (κ1) is 17.1. The molecule has 0 saturated heterocycles. The van der Waals surface area contributed by atoms with Gasteiger partial charge in [0.15, 0.2) is 0 Å². The Bertz CT molecular complexity index is 936. The molecule has 5 nitrogen and oxygen atoms in total. The highest BCUT2D eigenvalue weighted by atomic mass is 35.5. The molecule has 1 amide bonds. The molecule has 0 unspecified atom stereocenters. The molecule has 126 valence electrons. The van der Waals surface area contributed by atoms with Gasteiger partial charge in [-0.3, -0.25) is 4.79 Å². The maximum atomic E-state index is 13.7. The van der Waals surface area contributed by atoms with Crippen molar-refractivity contribution < 1.29 is 9.18 Å². The van der Waals surface area contributed by atoms with Gasteiger partial charge >= 0.3 is 0 Å². The number of para-hydroxylation sites is 1. The molecule has 0 fully saturated rings. The Hall–Kier alpha value is -2.70. The molecule has 0 atom stereocenters. The van der Waals surface area contributed by atoms with Crippen molar-refractivity contribution in [3.05, 3.63) is 76.4 Å². The maximum absolute atomic E-state index is 13.7. The van der Waals surface area contributed by atoms with Crippen molar-refractivity contribution >= 4 is 46.3 Å². The topological polar surface area (TPSA) is 66.9 Å². The largest absolute Gasteiger partial charge is 0.338 e. The van der Waals surface area contributed by atoms with Gasteiger partial charge in [-0.05, 0) is 24.3 Å². The van der Waals surface area contributed by atoms with Crippen molar-refractivity contribution in [3.8, 4) is 0 Å². The fraction of sp³-hybridized carbons (Fsp3) is 0. The fourth-order valence-electron chi connectivity index (χ4n) is 2.04. The lowest BCUT2D eigenvalue weighted by Gasteiger charge is -2.09. The van der Waals surface area contributed by atoms with Gasteiger partial charge in [-0.15, -0.1) is 0 Å². The number of nitrogens with zero attached hydrogens (tertiary/aromatic N) is 2. The van der Waals surface area contributed by atoms with E-state index in [0.29, 0.717) is 10.7 Å². The summed E-state index contributed by atoms with van der Waals surface area (Å²) >= 11 is 12.0. The number of amides is 1. The minimum atomic E-state index is -0.497. The summed E-state index contributed by atoms with van der Waals surface area (Å²) in [4.78, 5) is 20.2. The van der Waals surface area contributed by atoms with Gasteiger partial charge in [0.05, 0.1) is 21.4 Å². The van der Waals surface area contributed by atoms with Gasteiger partial charge in [0.2, 0.25) is 0 Å². The first-order chi connectivity index (χ1) is 12.0. The molecule has 2 aromatic carbocycles. The van der Waals surface area contributed by atoms with E-state index in [-0.39, 0.29) is 22.2 Å². The molecule has 8 heteroatoms. The molecule has 1 heterocycles. The Kier molecular flexibility index (Phi) is 5.11. The van der Waals surface area contributed by atoms with Crippen molar-refractivity contribution in [2.75, 3.05) is 10.6 Å². The fourth-order valence-corrected chi connectivity index (χ4v) is 2.38. The minimum absolute atomic E-state index is 0.0879. The summed E-state index contributed by atoms with van der Waals surface area (Å²) < 4.78 is 13.7. The lowest BCUT2D eigenvalue weighted by Crippen LogP contribution is -2.14. The van der Waals surface area contributed by atoms with Crippen LogP contribution in [0.5, 0.6) is 0 Å². The van der Waals surface area contributed by atoms with Gasteiger partial charge in [0.1, 0.15) is 23.7 Å². The van der Waals surface area contributed by atoms with Crippen molar-refractivity contribution in [3.63, 3.8) is 0 Å². The number of aromatic nitrogens is 2. The molecule has 2 N–H and O–H groups in total. The molecule has 3 aromatic rings. The summed E-state index contributed by atoms with van der Waals surface area (Å²) in [5.74, 6) is -0.650. The van der Waals surface area contributed by atoms with Crippen molar-refractivity contribution in [1.82, 2.24) is 9.97 Å². The van der Waals surface area contributed by atoms with E-state index >= 15 is 0 Å². The Morgan fingerprint density at radius 3 is 2.56 bits per heavy atom. The van der Waals surface area contributed by atoms with Gasteiger partial charge in [0.25, 0.3) is 5.91 Å². The third kappa shape index (κ3) is 4.04. The maximum Gasteiger partial charge on any atom is 0.274 e. The highest BCUT2D eigenvalue weighted by Crippen LogP contribution is 2.29. The van der Waals surface area contributed by atoms with Crippen LogP contribution < -0.4 is 10.6 Å². The summed E-state index contributed by atoms with van der Waals surface area (Å²) in [6.45, 7) is 0. The van der Waals surface area contributed by atoms with Gasteiger partial charge in [-0.2, -0.15) is 0 Å². The van der Waals surface area contributed by atoms with Crippen LogP contribution in [0.4, 0.5) is 21.6 Å². The van der Waals surface area contributed by atoms with E-state index in [1.165, 1.54) is 18.5 Å². The molecular weight excluding hydrogens is 366 g/mol. The van der Waals surface area contributed by atoms with Crippen molar-refractivity contribution in [2.45, 2.75) is 0 Å². The summed E-state index contributed by atoms with van der Waals surface area (Å²) in [5, 5.41) is 5.98. The van der Waals surface area contributed by atoms with Crippen LogP contribution in [-0.4, -0.2) is 15.9 Å². The zero-order valence-electron chi connectivity index (χ0n) is 12.6. The smallest absolute Gasteiger partial charge is 0.274 e. The van der Waals surface area contributed by atoms with E-state index in [1.54, 1.807) is 36.4 Å². The third-order valence-electron chi connectivity index (χ3n) is 3.24. The first-order valence-electron chi connectivity index (χ1n) is 7.13. The lowest BCUT2D eigenvalue weighted by atomic mass is 10.3. The monoisotopic (exact) mass is 376 g/mol. The van der Waals surface area contributed by atoms with Crippen molar-refractivity contribution in [1.29, 1.82) is 0 Å². The Balaban J connectivity index is 1.80. The molecule has 0 aliphatic carbocycles. The highest BCUT2D eigenvalue weighted by Gasteiger charge is 2.13. The van der Waals surface area contributed by atoms with Crippen LogP contribution in [0.3, 0.4) is 0 Å². The van der Waals surface area contributed by atoms with E-state index in [4.69, 9.17) is 23.2 Å². The van der Waals surface area contributed by atoms with Crippen molar-refractivity contribution in [2.24, 2.45) is 0 Å². The molecule has 3 rings (SSSR count).